The van der Waals surface area contributed by atoms with Crippen LogP contribution in [0.1, 0.15) is 5.56 Å². The van der Waals surface area contributed by atoms with Gasteiger partial charge >= 0.3 is 0 Å². The maximum Gasteiger partial charge on any atom is 0.294 e. The molecule has 0 aromatic heterocycles. The van der Waals surface area contributed by atoms with E-state index in [1.165, 1.54) is 17.8 Å². The first kappa shape index (κ1) is 16.2. The normalized spacial score (nSPS) is 14.2. The third-order valence-electron chi connectivity index (χ3n) is 2.75. The molecule has 0 spiro atoms. The van der Waals surface area contributed by atoms with Crippen molar-refractivity contribution in [2.24, 2.45) is 0 Å². The van der Waals surface area contributed by atoms with Gasteiger partial charge in [-0.1, -0.05) is 36.4 Å². The molecule has 1 heterocycles. The van der Waals surface area contributed by atoms with Crippen LogP contribution in [0.4, 0.5) is 0 Å². The summed E-state index contributed by atoms with van der Waals surface area (Å²) in [6.45, 7) is 6.53. The van der Waals surface area contributed by atoms with Crippen LogP contribution in [0.3, 0.4) is 0 Å². The summed E-state index contributed by atoms with van der Waals surface area (Å²) in [7, 11) is -1.97. The minimum absolute atomic E-state index is 0.0666. The number of hydrogen-bond acceptors (Lipinski definition) is 3. The van der Waals surface area contributed by atoms with E-state index in [1.54, 1.807) is 12.1 Å². The van der Waals surface area contributed by atoms with Gasteiger partial charge in [0.15, 0.2) is 0 Å². The van der Waals surface area contributed by atoms with Gasteiger partial charge in [0.25, 0.3) is 10.1 Å². The van der Waals surface area contributed by atoms with Crippen molar-refractivity contribution in [3.05, 3.63) is 66.4 Å². The fourth-order valence-corrected chi connectivity index (χ4v) is 2.03. The standard InChI is InChI=1S/C8H11N.C7H8O3S/c1-3-8-6-4-5-7-9(8)2;1-6-2-4-7(5-3-6)11(8,9)10/h3-6H,1,7H2,2H3;2-5H,1H3,(H,8,9,10). The van der Waals surface area contributed by atoms with Crippen LogP contribution in [-0.2, 0) is 10.1 Å². The zero-order valence-electron chi connectivity index (χ0n) is 11.7. The zero-order valence-corrected chi connectivity index (χ0v) is 12.5. The summed E-state index contributed by atoms with van der Waals surface area (Å²) in [5, 5.41) is 0. The van der Waals surface area contributed by atoms with Gasteiger partial charge in [-0.3, -0.25) is 4.55 Å². The van der Waals surface area contributed by atoms with Gasteiger partial charge in [-0.05, 0) is 31.2 Å². The lowest BCUT2D eigenvalue weighted by molar-refractivity contribution is 0.475. The molecule has 4 nitrogen and oxygen atoms in total. The summed E-state index contributed by atoms with van der Waals surface area (Å²) < 4.78 is 29.6. The average Bonchev–Trinajstić information content (AvgIpc) is 2.39. The summed E-state index contributed by atoms with van der Waals surface area (Å²) in [5.41, 5.74) is 2.15. The zero-order chi connectivity index (χ0) is 15.2. The van der Waals surface area contributed by atoms with Crippen LogP contribution in [0.2, 0.25) is 0 Å². The Bertz CT molecular complexity index is 613. The number of allylic oxidation sites excluding steroid dienone is 3. The van der Waals surface area contributed by atoms with E-state index in [4.69, 9.17) is 4.55 Å². The van der Waals surface area contributed by atoms with E-state index in [2.05, 4.69) is 36.8 Å². The van der Waals surface area contributed by atoms with Gasteiger partial charge in [-0.25, -0.2) is 0 Å². The average molecular weight is 293 g/mol. The molecule has 1 aliphatic rings. The van der Waals surface area contributed by atoms with Crippen molar-refractivity contribution in [3.63, 3.8) is 0 Å². The van der Waals surface area contributed by atoms with Gasteiger partial charge < -0.3 is 4.90 Å². The molecule has 1 aromatic carbocycles. The fraction of sp³-hybridized carbons (Fsp3) is 0.200. The second-order valence-corrected chi connectivity index (χ2v) is 5.81. The Labute approximate surface area is 120 Å². The quantitative estimate of drug-likeness (QED) is 0.852. The van der Waals surface area contributed by atoms with Crippen LogP contribution >= 0.6 is 0 Å². The molecular formula is C15H19NO3S. The van der Waals surface area contributed by atoms with E-state index in [0.717, 1.165) is 12.1 Å². The van der Waals surface area contributed by atoms with Gasteiger partial charge in [-0.15, -0.1) is 0 Å². The second-order valence-electron chi connectivity index (χ2n) is 4.39. The molecule has 0 atom stereocenters. The van der Waals surface area contributed by atoms with Crippen molar-refractivity contribution in [1.82, 2.24) is 4.90 Å². The lowest BCUT2D eigenvalue weighted by Crippen LogP contribution is -2.17. The number of aryl methyl sites for hydroxylation is 1. The predicted octanol–water partition coefficient (Wildman–Crippen LogP) is 2.80. The minimum Gasteiger partial charge on any atom is -0.371 e. The smallest absolute Gasteiger partial charge is 0.294 e. The van der Waals surface area contributed by atoms with Gasteiger partial charge in [0.1, 0.15) is 0 Å². The molecule has 0 aliphatic carbocycles. The summed E-state index contributed by atoms with van der Waals surface area (Å²) >= 11 is 0. The maximum atomic E-state index is 10.5. The van der Waals surface area contributed by atoms with E-state index >= 15 is 0 Å². The van der Waals surface area contributed by atoms with Gasteiger partial charge in [0.2, 0.25) is 0 Å². The highest BCUT2D eigenvalue weighted by Crippen LogP contribution is 2.08. The molecule has 2 rings (SSSR count). The molecular weight excluding hydrogens is 274 g/mol. The molecule has 5 heteroatoms. The Kier molecular flexibility index (Phi) is 5.73. The first-order valence-corrected chi connectivity index (χ1v) is 7.53. The molecule has 1 aliphatic heterocycles. The molecule has 0 unspecified atom stereocenters. The van der Waals surface area contributed by atoms with Crippen LogP contribution in [-0.4, -0.2) is 31.5 Å². The summed E-state index contributed by atoms with van der Waals surface area (Å²) in [5.74, 6) is 0. The molecule has 0 radical (unpaired) electrons. The first-order chi connectivity index (χ1) is 9.34. The van der Waals surface area contributed by atoms with Crippen molar-refractivity contribution in [2.45, 2.75) is 11.8 Å². The van der Waals surface area contributed by atoms with E-state index in [0.29, 0.717) is 0 Å². The molecule has 1 aromatic rings. The lowest BCUT2D eigenvalue weighted by atomic mass is 10.2. The van der Waals surface area contributed by atoms with E-state index in [9.17, 15) is 8.42 Å². The maximum absolute atomic E-state index is 10.5. The van der Waals surface area contributed by atoms with Gasteiger partial charge in [-0.2, -0.15) is 8.42 Å². The van der Waals surface area contributed by atoms with Crippen LogP contribution in [0.25, 0.3) is 0 Å². The summed E-state index contributed by atoms with van der Waals surface area (Å²) in [6, 6.07) is 5.99. The third kappa shape index (κ3) is 5.03. The van der Waals surface area contributed by atoms with Crippen molar-refractivity contribution in [3.8, 4) is 0 Å². The van der Waals surface area contributed by atoms with E-state index in [1.807, 2.05) is 13.0 Å². The number of hydrogen-bond donors (Lipinski definition) is 1. The Morgan fingerprint density at radius 3 is 2.30 bits per heavy atom. The number of rotatable bonds is 2. The third-order valence-corrected chi connectivity index (χ3v) is 3.62. The van der Waals surface area contributed by atoms with Crippen LogP contribution in [0.15, 0.2) is 65.7 Å². The van der Waals surface area contributed by atoms with Crippen molar-refractivity contribution >= 4 is 10.1 Å². The SMILES string of the molecule is C=CC1=CC=CCN1C.Cc1ccc(S(=O)(=O)O)cc1. The fourth-order valence-electron chi connectivity index (χ4n) is 1.55. The van der Waals surface area contributed by atoms with E-state index < -0.39 is 10.1 Å². The molecule has 0 saturated heterocycles. The predicted molar refractivity (Wildman–Crippen MR) is 81.0 cm³/mol. The monoisotopic (exact) mass is 293 g/mol. The summed E-state index contributed by atoms with van der Waals surface area (Å²) in [6.07, 6.45) is 8.09. The van der Waals surface area contributed by atoms with Crippen molar-refractivity contribution in [2.75, 3.05) is 13.6 Å². The summed E-state index contributed by atoms with van der Waals surface area (Å²) in [4.78, 5) is 2.08. The van der Waals surface area contributed by atoms with Gasteiger partial charge in [0.05, 0.1) is 4.90 Å². The Balaban J connectivity index is 0.000000204. The van der Waals surface area contributed by atoms with Crippen molar-refractivity contribution < 1.29 is 13.0 Å². The van der Waals surface area contributed by atoms with E-state index in [-0.39, 0.29) is 4.90 Å². The lowest BCUT2D eigenvalue weighted by Gasteiger charge is -2.20. The second kappa shape index (κ2) is 7.07. The largest absolute Gasteiger partial charge is 0.371 e. The molecule has 0 amide bonds. The minimum atomic E-state index is -4.02. The Hall–Kier alpha value is -1.85. The Morgan fingerprint density at radius 2 is 1.90 bits per heavy atom. The molecule has 0 saturated carbocycles. The Morgan fingerprint density at radius 1 is 1.30 bits per heavy atom. The molecule has 0 bridgehead atoms. The highest BCUT2D eigenvalue weighted by Gasteiger charge is 2.06. The molecule has 1 N–H and O–H groups in total. The molecule has 0 fully saturated rings. The highest BCUT2D eigenvalue weighted by atomic mass is 32.2. The number of benzene rings is 1. The number of nitrogens with zero attached hydrogens (tertiary/aromatic N) is 1. The topological polar surface area (TPSA) is 57.6 Å². The van der Waals surface area contributed by atoms with Crippen molar-refractivity contribution in [1.29, 1.82) is 0 Å². The van der Waals surface area contributed by atoms with Gasteiger partial charge in [0, 0.05) is 19.3 Å². The van der Waals surface area contributed by atoms with Crippen LogP contribution in [0, 0.1) is 6.92 Å². The first-order valence-electron chi connectivity index (χ1n) is 6.09. The molecule has 20 heavy (non-hydrogen) atoms. The van der Waals surface area contributed by atoms with Crippen LogP contribution < -0.4 is 0 Å². The number of likely N-dealkylation sites (N-methyl/N-ethyl adjacent to an activating group) is 1. The molecule has 108 valence electrons. The van der Waals surface area contributed by atoms with Crippen LogP contribution in [0.5, 0.6) is 0 Å². The highest BCUT2D eigenvalue weighted by molar-refractivity contribution is 7.85.